The molecule has 1 aromatic rings. The average Bonchev–Trinajstić information content (AvgIpc) is 2.35. The highest BCUT2D eigenvalue weighted by Gasteiger charge is 2.19. The van der Waals surface area contributed by atoms with Gasteiger partial charge in [-0.15, -0.1) is 0 Å². The van der Waals surface area contributed by atoms with E-state index in [0.29, 0.717) is 18.1 Å². The van der Waals surface area contributed by atoms with Crippen molar-refractivity contribution in [2.45, 2.75) is 26.3 Å². The van der Waals surface area contributed by atoms with Crippen LogP contribution >= 0.6 is 11.6 Å². The highest BCUT2D eigenvalue weighted by atomic mass is 35.5. The summed E-state index contributed by atoms with van der Waals surface area (Å²) in [5.41, 5.74) is 6.68. The van der Waals surface area contributed by atoms with E-state index in [1.165, 1.54) is 0 Å². The number of carbonyl (C=O) groups is 1. The SMILES string of the molecule is CCCC(CN)C(=O)N(C)Cc1cccc(Cl)c1. The first-order valence-electron chi connectivity index (χ1n) is 6.28. The topological polar surface area (TPSA) is 46.3 Å². The molecular formula is C14H21ClN2O. The van der Waals surface area contributed by atoms with Gasteiger partial charge in [-0.1, -0.05) is 37.1 Å². The van der Waals surface area contributed by atoms with Crippen molar-refractivity contribution in [3.8, 4) is 0 Å². The van der Waals surface area contributed by atoms with Crippen molar-refractivity contribution >= 4 is 17.5 Å². The molecule has 1 atom stereocenters. The van der Waals surface area contributed by atoms with Gasteiger partial charge in [0.15, 0.2) is 0 Å². The predicted molar refractivity (Wildman–Crippen MR) is 75.4 cm³/mol. The second kappa shape index (κ2) is 7.39. The van der Waals surface area contributed by atoms with Crippen LogP contribution in [-0.2, 0) is 11.3 Å². The third kappa shape index (κ3) is 4.31. The zero-order valence-corrected chi connectivity index (χ0v) is 11.8. The highest BCUT2D eigenvalue weighted by Crippen LogP contribution is 2.14. The van der Waals surface area contributed by atoms with Crippen LogP contribution in [0.25, 0.3) is 0 Å². The lowest BCUT2D eigenvalue weighted by Gasteiger charge is -2.22. The fraction of sp³-hybridized carbons (Fsp3) is 0.500. The van der Waals surface area contributed by atoms with E-state index in [2.05, 4.69) is 6.92 Å². The van der Waals surface area contributed by atoms with Crippen LogP contribution in [0.2, 0.25) is 5.02 Å². The smallest absolute Gasteiger partial charge is 0.226 e. The standard InChI is InChI=1S/C14H21ClN2O/c1-3-5-12(9-16)14(18)17(2)10-11-6-4-7-13(15)8-11/h4,6-8,12H,3,5,9-10,16H2,1-2H3. The second-order valence-electron chi connectivity index (χ2n) is 4.55. The van der Waals surface area contributed by atoms with E-state index >= 15 is 0 Å². The number of hydrogen-bond donors (Lipinski definition) is 1. The maximum atomic E-state index is 12.2. The first kappa shape index (κ1) is 15.0. The molecule has 1 rings (SSSR count). The Kier molecular flexibility index (Phi) is 6.16. The molecule has 1 unspecified atom stereocenters. The fourth-order valence-electron chi connectivity index (χ4n) is 1.99. The maximum Gasteiger partial charge on any atom is 0.226 e. The molecule has 4 heteroatoms. The lowest BCUT2D eigenvalue weighted by molar-refractivity contribution is -0.134. The minimum atomic E-state index is -0.0702. The van der Waals surface area contributed by atoms with Gasteiger partial charge < -0.3 is 10.6 Å². The summed E-state index contributed by atoms with van der Waals surface area (Å²) in [6, 6.07) is 7.56. The monoisotopic (exact) mass is 268 g/mol. The molecule has 0 aromatic heterocycles. The van der Waals surface area contributed by atoms with Crippen molar-refractivity contribution < 1.29 is 4.79 Å². The van der Waals surface area contributed by atoms with Crippen molar-refractivity contribution in [2.75, 3.05) is 13.6 Å². The van der Waals surface area contributed by atoms with Gasteiger partial charge >= 0.3 is 0 Å². The highest BCUT2D eigenvalue weighted by molar-refractivity contribution is 6.30. The number of rotatable bonds is 6. The van der Waals surface area contributed by atoms with Crippen LogP contribution in [-0.4, -0.2) is 24.4 Å². The first-order valence-corrected chi connectivity index (χ1v) is 6.65. The lowest BCUT2D eigenvalue weighted by atomic mass is 10.0. The Morgan fingerprint density at radius 2 is 2.22 bits per heavy atom. The van der Waals surface area contributed by atoms with E-state index in [4.69, 9.17) is 17.3 Å². The van der Waals surface area contributed by atoms with Gasteiger partial charge in [0, 0.05) is 25.2 Å². The number of nitrogens with zero attached hydrogens (tertiary/aromatic N) is 1. The molecule has 0 aliphatic carbocycles. The summed E-state index contributed by atoms with van der Waals surface area (Å²) < 4.78 is 0. The van der Waals surface area contributed by atoms with E-state index in [9.17, 15) is 4.79 Å². The number of halogens is 1. The normalized spacial score (nSPS) is 12.2. The van der Waals surface area contributed by atoms with E-state index in [-0.39, 0.29) is 11.8 Å². The molecule has 1 amide bonds. The molecule has 0 spiro atoms. The largest absolute Gasteiger partial charge is 0.341 e. The van der Waals surface area contributed by atoms with Crippen LogP contribution < -0.4 is 5.73 Å². The van der Waals surface area contributed by atoms with Gasteiger partial charge in [-0.2, -0.15) is 0 Å². The van der Waals surface area contributed by atoms with Gasteiger partial charge in [0.2, 0.25) is 5.91 Å². The molecule has 3 nitrogen and oxygen atoms in total. The summed E-state index contributed by atoms with van der Waals surface area (Å²) in [4.78, 5) is 13.9. The van der Waals surface area contributed by atoms with Gasteiger partial charge in [-0.3, -0.25) is 4.79 Å². The summed E-state index contributed by atoms with van der Waals surface area (Å²) in [7, 11) is 1.81. The molecule has 0 radical (unpaired) electrons. The number of hydrogen-bond acceptors (Lipinski definition) is 2. The zero-order chi connectivity index (χ0) is 13.5. The van der Waals surface area contributed by atoms with Crippen molar-refractivity contribution in [2.24, 2.45) is 11.7 Å². The molecule has 100 valence electrons. The third-order valence-corrected chi connectivity index (χ3v) is 3.19. The number of amides is 1. The molecule has 0 aliphatic heterocycles. The Balaban J connectivity index is 2.64. The van der Waals surface area contributed by atoms with Gasteiger partial charge in [-0.25, -0.2) is 0 Å². The summed E-state index contributed by atoms with van der Waals surface area (Å²) in [5.74, 6) is 0.0403. The van der Waals surface area contributed by atoms with Gasteiger partial charge in [-0.05, 0) is 24.1 Å². The molecule has 1 aromatic carbocycles. The van der Waals surface area contributed by atoms with Crippen molar-refractivity contribution in [3.63, 3.8) is 0 Å². The Morgan fingerprint density at radius 3 is 2.78 bits per heavy atom. The van der Waals surface area contributed by atoms with Crippen LogP contribution in [0.1, 0.15) is 25.3 Å². The Labute approximate surface area is 114 Å². The minimum Gasteiger partial charge on any atom is -0.341 e. The number of carbonyl (C=O) groups excluding carboxylic acids is 1. The summed E-state index contributed by atoms with van der Waals surface area (Å²) in [5, 5.41) is 0.692. The van der Waals surface area contributed by atoms with E-state index in [0.717, 1.165) is 18.4 Å². The van der Waals surface area contributed by atoms with Crippen LogP contribution in [0.3, 0.4) is 0 Å². The van der Waals surface area contributed by atoms with E-state index in [1.54, 1.807) is 4.90 Å². The molecule has 0 saturated carbocycles. The zero-order valence-electron chi connectivity index (χ0n) is 11.0. The number of nitrogens with two attached hydrogens (primary N) is 1. The molecule has 2 N–H and O–H groups in total. The minimum absolute atomic E-state index is 0.0702. The molecule has 18 heavy (non-hydrogen) atoms. The Bertz CT molecular complexity index is 395. The molecule has 0 saturated heterocycles. The van der Waals surface area contributed by atoms with Gasteiger partial charge in [0.1, 0.15) is 0 Å². The Hall–Kier alpha value is -1.06. The second-order valence-corrected chi connectivity index (χ2v) is 4.98. The molecule has 0 aliphatic rings. The van der Waals surface area contributed by atoms with Gasteiger partial charge in [0.25, 0.3) is 0 Å². The van der Waals surface area contributed by atoms with E-state index in [1.807, 2.05) is 31.3 Å². The summed E-state index contributed by atoms with van der Waals surface area (Å²) in [6.07, 6.45) is 1.81. The molecule has 0 heterocycles. The summed E-state index contributed by atoms with van der Waals surface area (Å²) >= 11 is 5.92. The van der Waals surface area contributed by atoms with Crippen molar-refractivity contribution in [1.82, 2.24) is 4.90 Å². The molecule has 0 bridgehead atoms. The predicted octanol–water partition coefficient (Wildman–Crippen LogP) is 2.67. The quantitative estimate of drug-likeness (QED) is 0.862. The van der Waals surface area contributed by atoms with Crippen LogP contribution in [0, 0.1) is 5.92 Å². The van der Waals surface area contributed by atoms with Crippen LogP contribution in [0.4, 0.5) is 0 Å². The summed E-state index contributed by atoms with van der Waals surface area (Å²) in [6.45, 7) is 3.04. The maximum absolute atomic E-state index is 12.2. The Morgan fingerprint density at radius 1 is 1.50 bits per heavy atom. The molecular weight excluding hydrogens is 248 g/mol. The molecule has 0 fully saturated rings. The van der Waals surface area contributed by atoms with Crippen molar-refractivity contribution in [3.05, 3.63) is 34.9 Å². The first-order chi connectivity index (χ1) is 8.58. The average molecular weight is 269 g/mol. The third-order valence-electron chi connectivity index (χ3n) is 2.96. The lowest BCUT2D eigenvalue weighted by Crippen LogP contribution is -2.36. The van der Waals surface area contributed by atoms with Crippen LogP contribution in [0.5, 0.6) is 0 Å². The van der Waals surface area contributed by atoms with Gasteiger partial charge in [0.05, 0.1) is 5.92 Å². The van der Waals surface area contributed by atoms with E-state index < -0.39 is 0 Å². The van der Waals surface area contributed by atoms with Crippen LogP contribution in [0.15, 0.2) is 24.3 Å². The van der Waals surface area contributed by atoms with Crippen molar-refractivity contribution in [1.29, 1.82) is 0 Å². The fourth-order valence-corrected chi connectivity index (χ4v) is 2.20. The number of benzene rings is 1.